The summed E-state index contributed by atoms with van der Waals surface area (Å²) in [6, 6.07) is 31.7. The van der Waals surface area contributed by atoms with Crippen molar-refractivity contribution < 1.29 is 4.74 Å². The monoisotopic (exact) mass is 330 g/mol. The zero-order valence-electron chi connectivity index (χ0n) is 14.4. The Morgan fingerprint density at radius 1 is 0.750 bits per heavy atom. The van der Waals surface area contributed by atoms with Gasteiger partial charge in [0.2, 0.25) is 0 Å². The van der Waals surface area contributed by atoms with E-state index in [4.69, 9.17) is 4.74 Å². The van der Waals surface area contributed by atoms with Gasteiger partial charge in [0.1, 0.15) is 5.75 Å². The first-order valence-corrected chi connectivity index (χ1v) is 10.6. The molecule has 0 saturated heterocycles. The second kappa shape index (κ2) is 7.71. The van der Waals surface area contributed by atoms with Crippen LogP contribution in [0.25, 0.3) is 0 Å². The molecule has 120 valence electrons. The van der Waals surface area contributed by atoms with Crippen LogP contribution in [0.1, 0.15) is 19.4 Å². The number of benzene rings is 3. The molecule has 24 heavy (non-hydrogen) atoms. The molecule has 2 heteroatoms. The van der Waals surface area contributed by atoms with Crippen molar-refractivity contribution in [3.8, 4) is 5.75 Å². The Bertz CT molecular complexity index is 743. The van der Waals surface area contributed by atoms with Crippen molar-refractivity contribution in [2.45, 2.75) is 23.6 Å². The normalized spacial score (nSPS) is 13.1. The molecule has 0 aromatic heterocycles. The minimum atomic E-state index is -1.42. The molecule has 0 aliphatic heterocycles. The fourth-order valence-corrected chi connectivity index (χ4v) is 6.91. The Hall–Kier alpha value is -2.01. The minimum Gasteiger partial charge on any atom is -0.498 e. The number of rotatable bonds is 6. The zero-order valence-corrected chi connectivity index (χ0v) is 15.5. The fraction of sp³-hybridized carbons (Fsp3) is 0.182. The largest absolute Gasteiger partial charge is 0.498 e. The molecule has 0 amide bonds. The van der Waals surface area contributed by atoms with E-state index >= 15 is 0 Å². The summed E-state index contributed by atoms with van der Waals surface area (Å²) in [6.07, 6.45) is 0. The third kappa shape index (κ3) is 3.56. The Morgan fingerprint density at radius 3 is 1.79 bits per heavy atom. The fourth-order valence-electron chi connectivity index (χ4n) is 3.46. The van der Waals surface area contributed by atoms with E-state index in [0.717, 1.165) is 11.0 Å². The third-order valence-electron chi connectivity index (χ3n) is 4.70. The molecule has 1 nitrogen and oxygen atoms in total. The van der Waals surface area contributed by atoms with E-state index in [9.17, 15) is 0 Å². The minimum absolute atomic E-state index is 0.293. The lowest BCUT2D eigenvalue weighted by Crippen LogP contribution is -2.52. The van der Waals surface area contributed by atoms with Gasteiger partial charge in [-0.05, 0) is 24.6 Å². The molecule has 0 saturated carbocycles. The van der Waals surface area contributed by atoms with Crippen LogP contribution in [0.5, 0.6) is 5.75 Å². The topological polar surface area (TPSA) is 9.23 Å². The molecule has 0 spiro atoms. The predicted molar refractivity (Wildman–Crippen MR) is 103 cm³/mol. The van der Waals surface area contributed by atoms with Crippen LogP contribution in [-0.2, 0) is 4.46 Å². The molecular formula is C22H23AlO. The highest BCUT2D eigenvalue weighted by molar-refractivity contribution is 6.75. The molecule has 0 N–H and O–H groups in total. The van der Waals surface area contributed by atoms with Gasteiger partial charge >= 0.3 is 14.1 Å². The van der Waals surface area contributed by atoms with Crippen LogP contribution in [0.2, 0.25) is 5.28 Å². The Labute approximate surface area is 149 Å². The first-order valence-electron chi connectivity index (χ1n) is 8.58. The van der Waals surface area contributed by atoms with Crippen molar-refractivity contribution in [2.75, 3.05) is 0 Å². The molecule has 0 bridgehead atoms. The van der Waals surface area contributed by atoms with E-state index < -0.39 is 14.1 Å². The van der Waals surface area contributed by atoms with E-state index in [2.05, 4.69) is 74.5 Å². The summed E-state index contributed by atoms with van der Waals surface area (Å²) in [4.78, 5) is 0. The molecule has 0 radical (unpaired) electrons. The van der Waals surface area contributed by atoms with Gasteiger partial charge in [0, 0.05) is 0 Å². The van der Waals surface area contributed by atoms with E-state index in [1.165, 1.54) is 9.99 Å². The number of hydrogen-bond donors (Lipinski definition) is 0. The summed E-state index contributed by atoms with van der Waals surface area (Å²) in [5.74, 6) is 0.936. The van der Waals surface area contributed by atoms with Gasteiger partial charge in [0.15, 0.2) is 0 Å². The van der Waals surface area contributed by atoms with Crippen molar-refractivity contribution in [1.82, 2.24) is 0 Å². The number of ether oxygens (including phenoxy) is 1. The lowest BCUT2D eigenvalue weighted by atomic mass is 10.1. The van der Waals surface area contributed by atoms with Gasteiger partial charge in [-0.2, -0.15) is 0 Å². The molecule has 0 heterocycles. The zero-order chi connectivity index (χ0) is 16.8. The second-order valence-electron chi connectivity index (χ2n) is 6.26. The lowest BCUT2D eigenvalue weighted by Gasteiger charge is -2.36. The van der Waals surface area contributed by atoms with Gasteiger partial charge in [0.05, 0.1) is 4.46 Å². The van der Waals surface area contributed by atoms with Crippen LogP contribution in [0, 0.1) is 0 Å². The van der Waals surface area contributed by atoms with Crippen LogP contribution in [0.15, 0.2) is 91.0 Å². The molecule has 3 rings (SSSR count). The summed E-state index contributed by atoms with van der Waals surface area (Å²) < 4.78 is 7.81. The molecular weight excluding hydrogens is 307 g/mol. The Balaban J connectivity index is 2.07. The van der Waals surface area contributed by atoms with Gasteiger partial charge in [-0.25, -0.2) is 0 Å². The van der Waals surface area contributed by atoms with E-state index in [0.29, 0.717) is 0 Å². The van der Waals surface area contributed by atoms with Crippen molar-refractivity contribution in [3.63, 3.8) is 0 Å². The smallest absolute Gasteiger partial charge is 0.376 e. The second-order valence-corrected chi connectivity index (χ2v) is 9.95. The highest BCUT2D eigenvalue weighted by Crippen LogP contribution is 2.32. The van der Waals surface area contributed by atoms with Crippen LogP contribution >= 0.6 is 0 Å². The van der Waals surface area contributed by atoms with Crippen LogP contribution in [0.4, 0.5) is 0 Å². The molecule has 0 aliphatic rings. The molecule has 0 fully saturated rings. The lowest BCUT2D eigenvalue weighted by molar-refractivity contribution is 0.171. The standard InChI is InChI=1S/C14H13O.C6H5.C2H5.Al/c1-12(13-8-4-2-5-9-13)15-14-10-6-3-7-11-14;1-2-4-6-5-3-1;1-2;/h2-11H,1H3;1-5H;1H2,2H3;. The first-order chi connectivity index (χ1) is 11.7. The third-order valence-corrected chi connectivity index (χ3v) is 8.48. The number of para-hydroxylation sites is 1. The van der Waals surface area contributed by atoms with Gasteiger partial charge in [-0.15, -0.1) is 4.43 Å². The number of hydrogen-bond acceptors (Lipinski definition) is 1. The quantitative estimate of drug-likeness (QED) is 0.582. The summed E-state index contributed by atoms with van der Waals surface area (Å²) in [7, 11) is 0. The molecule has 3 aromatic rings. The van der Waals surface area contributed by atoms with Gasteiger partial charge in [-0.3, -0.25) is 0 Å². The summed E-state index contributed by atoms with van der Waals surface area (Å²) in [6.45, 7) is 4.56. The van der Waals surface area contributed by atoms with Crippen LogP contribution in [0.3, 0.4) is 0 Å². The Morgan fingerprint density at radius 2 is 1.25 bits per heavy atom. The van der Waals surface area contributed by atoms with Crippen molar-refractivity contribution >= 4 is 18.6 Å². The average molecular weight is 330 g/mol. The maximum Gasteiger partial charge on any atom is 0.376 e. The maximum atomic E-state index is 6.66. The average Bonchev–Trinajstić information content (AvgIpc) is 2.65. The Kier molecular flexibility index (Phi) is 5.41. The van der Waals surface area contributed by atoms with Crippen molar-refractivity contribution in [1.29, 1.82) is 0 Å². The van der Waals surface area contributed by atoms with E-state index in [1.54, 1.807) is 0 Å². The van der Waals surface area contributed by atoms with E-state index in [1.807, 2.05) is 30.3 Å². The van der Waals surface area contributed by atoms with Crippen LogP contribution < -0.4 is 9.16 Å². The SMILES string of the molecule is C[CH2][Al]([c]1ccccc1)[C](C)(Oc1ccccc1)c1ccccc1. The van der Waals surface area contributed by atoms with E-state index in [-0.39, 0.29) is 4.46 Å². The van der Waals surface area contributed by atoms with Gasteiger partial charge < -0.3 is 4.74 Å². The van der Waals surface area contributed by atoms with Crippen molar-refractivity contribution in [2.24, 2.45) is 0 Å². The molecule has 1 atom stereocenters. The predicted octanol–water partition coefficient (Wildman–Crippen LogP) is 4.94. The molecule has 1 unspecified atom stereocenters. The van der Waals surface area contributed by atoms with Crippen molar-refractivity contribution in [3.05, 3.63) is 96.6 Å². The first kappa shape index (κ1) is 16.8. The maximum absolute atomic E-state index is 6.66. The summed E-state index contributed by atoms with van der Waals surface area (Å²) in [5, 5.41) is 1.14. The van der Waals surface area contributed by atoms with Crippen LogP contribution in [-0.4, -0.2) is 14.1 Å². The highest BCUT2D eigenvalue weighted by Gasteiger charge is 2.43. The van der Waals surface area contributed by atoms with Gasteiger partial charge in [0.25, 0.3) is 0 Å². The molecule has 3 aromatic carbocycles. The summed E-state index contributed by atoms with van der Waals surface area (Å²) in [5.41, 5.74) is 1.26. The molecule has 0 aliphatic carbocycles. The highest BCUT2D eigenvalue weighted by atomic mass is 27.2. The van der Waals surface area contributed by atoms with Gasteiger partial charge in [-0.1, -0.05) is 91.1 Å². The summed E-state index contributed by atoms with van der Waals surface area (Å²) >= 11 is -1.42.